The highest BCUT2D eigenvalue weighted by Crippen LogP contribution is 2.26. The number of hydrogen-bond donors (Lipinski definition) is 0. The van der Waals surface area contributed by atoms with Gasteiger partial charge in [-0.25, -0.2) is 13.2 Å². The lowest BCUT2D eigenvalue weighted by Crippen LogP contribution is -2.43. The molecule has 1 atom stereocenters. The number of alkyl halides is 1. The average molecular weight is 326 g/mol. The predicted molar refractivity (Wildman–Crippen MR) is 79.9 cm³/mol. The van der Waals surface area contributed by atoms with Gasteiger partial charge in [0.15, 0.2) is 0 Å². The topological polar surface area (TPSA) is 63.7 Å². The molecule has 0 N–H and O–H groups in total. The largest absolute Gasteiger partial charge is 0.444 e. The molecular formula is C13H24ClNO4S. The summed E-state index contributed by atoms with van der Waals surface area (Å²) in [6, 6.07) is 0. The SMILES string of the molecule is CC(C)(C)OC(=O)N1CCC(C(Cl)CS(C)(=O)=O)CC1. The zero-order chi connectivity index (χ0) is 15.6. The molecule has 1 heterocycles. The van der Waals surface area contributed by atoms with Crippen molar-refractivity contribution in [2.45, 2.75) is 44.6 Å². The second-order valence-electron chi connectivity index (χ2n) is 6.41. The molecule has 1 fully saturated rings. The molecule has 0 aliphatic carbocycles. The van der Waals surface area contributed by atoms with Gasteiger partial charge >= 0.3 is 6.09 Å². The zero-order valence-corrected chi connectivity index (χ0v) is 14.1. The molecule has 5 nitrogen and oxygen atoms in total. The number of nitrogens with zero attached hydrogens (tertiary/aromatic N) is 1. The summed E-state index contributed by atoms with van der Waals surface area (Å²) in [5.41, 5.74) is -0.501. The summed E-state index contributed by atoms with van der Waals surface area (Å²) in [6.45, 7) is 6.62. The van der Waals surface area contributed by atoms with E-state index in [-0.39, 0.29) is 23.1 Å². The summed E-state index contributed by atoms with van der Waals surface area (Å²) in [6.07, 6.45) is 2.30. The highest BCUT2D eigenvalue weighted by Gasteiger charge is 2.31. The van der Waals surface area contributed by atoms with Crippen LogP contribution in [0.2, 0.25) is 0 Å². The smallest absolute Gasteiger partial charge is 0.410 e. The Kier molecular flexibility index (Phi) is 5.72. The molecule has 1 unspecified atom stereocenters. The quantitative estimate of drug-likeness (QED) is 0.747. The molecule has 0 radical (unpaired) electrons. The van der Waals surface area contributed by atoms with Crippen LogP contribution in [0.25, 0.3) is 0 Å². The van der Waals surface area contributed by atoms with Gasteiger partial charge in [-0.05, 0) is 39.5 Å². The Balaban J connectivity index is 2.46. The average Bonchev–Trinajstić information content (AvgIpc) is 2.24. The first-order chi connectivity index (χ1) is 8.98. The molecule has 20 heavy (non-hydrogen) atoms. The fourth-order valence-electron chi connectivity index (χ4n) is 2.20. The lowest BCUT2D eigenvalue weighted by atomic mass is 9.94. The van der Waals surface area contributed by atoms with Crippen LogP contribution in [0.5, 0.6) is 0 Å². The first-order valence-corrected chi connectivity index (χ1v) is 9.27. The molecule has 0 aromatic carbocycles. The van der Waals surface area contributed by atoms with E-state index in [9.17, 15) is 13.2 Å². The molecule has 1 aliphatic heterocycles. The number of carbonyl (C=O) groups is 1. The van der Waals surface area contributed by atoms with Gasteiger partial charge in [0.1, 0.15) is 15.4 Å². The maximum Gasteiger partial charge on any atom is 0.410 e. The van der Waals surface area contributed by atoms with Gasteiger partial charge in [-0.15, -0.1) is 11.6 Å². The standard InChI is InChI=1S/C13H24ClNO4S/c1-13(2,3)19-12(16)15-7-5-10(6-8-15)11(14)9-20(4,17)18/h10-11H,5-9H2,1-4H3. The predicted octanol–water partition coefficient (Wildman–Crippen LogP) is 2.29. The zero-order valence-electron chi connectivity index (χ0n) is 12.6. The van der Waals surface area contributed by atoms with Crippen LogP contribution in [0, 0.1) is 5.92 Å². The van der Waals surface area contributed by atoms with Crippen LogP contribution in [0.4, 0.5) is 4.79 Å². The number of ether oxygens (including phenoxy) is 1. The Morgan fingerprint density at radius 2 is 1.85 bits per heavy atom. The first kappa shape index (κ1) is 17.6. The minimum absolute atomic E-state index is 0.00827. The van der Waals surface area contributed by atoms with Crippen molar-refractivity contribution in [2.24, 2.45) is 5.92 Å². The number of piperidine rings is 1. The molecule has 0 aromatic heterocycles. The number of amides is 1. The van der Waals surface area contributed by atoms with Gasteiger partial charge in [-0.3, -0.25) is 0 Å². The van der Waals surface area contributed by atoms with E-state index in [1.165, 1.54) is 6.26 Å². The van der Waals surface area contributed by atoms with E-state index in [0.717, 1.165) is 0 Å². The van der Waals surface area contributed by atoms with Gasteiger partial charge in [-0.1, -0.05) is 0 Å². The number of hydrogen-bond acceptors (Lipinski definition) is 4. The summed E-state index contributed by atoms with van der Waals surface area (Å²) in [5.74, 6) is 0.121. The van der Waals surface area contributed by atoms with Crippen LogP contribution in [-0.4, -0.2) is 55.5 Å². The van der Waals surface area contributed by atoms with Crippen LogP contribution >= 0.6 is 11.6 Å². The minimum atomic E-state index is -3.06. The third-order valence-corrected chi connectivity index (χ3v) is 4.82. The number of likely N-dealkylation sites (tertiary alicyclic amines) is 1. The Bertz CT molecular complexity index is 436. The van der Waals surface area contributed by atoms with E-state index >= 15 is 0 Å². The molecule has 7 heteroatoms. The highest BCUT2D eigenvalue weighted by atomic mass is 35.5. The van der Waals surface area contributed by atoms with E-state index in [2.05, 4.69) is 0 Å². The third kappa shape index (κ3) is 6.31. The maximum atomic E-state index is 11.9. The van der Waals surface area contributed by atoms with Crippen LogP contribution in [0.15, 0.2) is 0 Å². The van der Waals surface area contributed by atoms with Crippen LogP contribution in [0.1, 0.15) is 33.6 Å². The maximum absolute atomic E-state index is 11.9. The Labute approximate surface area is 126 Å². The van der Waals surface area contributed by atoms with Crippen LogP contribution in [0.3, 0.4) is 0 Å². The fraction of sp³-hybridized carbons (Fsp3) is 0.923. The van der Waals surface area contributed by atoms with Gasteiger partial charge in [0, 0.05) is 19.3 Å². The summed E-state index contributed by atoms with van der Waals surface area (Å²) in [7, 11) is -3.06. The molecule has 118 valence electrons. The monoisotopic (exact) mass is 325 g/mol. The van der Waals surface area contributed by atoms with Gasteiger partial charge < -0.3 is 9.64 Å². The fourth-order valence-corrected chi connectivity index (χ4v) is 3.98. The van der Waals surface area contributed by atoms with Gasteiger partial charge in [0.05, 0.1) is 11.1 Å². The van der Waals surface area contributed by atoms with Gasteiger partial charge in [-0.2, -0.15) is 0 Å². The molecule has 0 saturated carbocycles. The van der Waals surface area contributed by atoms with Crippen molar-refractivity contribution < 1.29 is 17.9 Å². The van der Waals surface area contributed by atoms with E-state index in [4.69, 9.17) is 16.3 Å². The highest BCUT2D eigenvalue weighted by molar-refractivity contribution is 7.90. The summed E-state index contributed by atoms with van der Waals surface area (Å²) in [4.78, 5) is 13.6. The van der Waals surface area contributed by atoms with Gasteiger partial charge in [0.2, 0.25) is 0 Å². The Morgan fingerprint density at radius 3 is 2.25 bits per heavy atom. The van der Waals surface area contributed by atoms with Crippen LogP contribution < -0.4 is 0 Å². The molecule has 1 rings (SSSR count). The number of rotatable bonds is 3. The molecular weight excluding hydrogens is 302 g/mol. The van der Waals surface area contributed by atoms with E-state index < -0.39 is 15.4 Å². The summed E-state index contributed by atoms with van der Waals surface area (Å²) >= 11 is 6.16. The van der Waals surface area contributed by atoms with Gasteiger partial charge in [0.25, 0.3) is 0 Å². The van der Waals surface area contributed by atoms with E-state index in [0.29, 0.717) is 25.9 Å². The second kappa shape index (κ2) is 6.52. The number of sulfone groups is 1. The third-order valence-electron chi connectivity index (χ3n) is 3.16. The molecule has 0 aromatic rings. The van der Waals surface area contributed by atoms with Crippen molar-refractivity contribution in [3.63, 3.8) is 0 Å². The minimum Gasteiger partial charge on any atom is -0.444 e. The Morgan fingerprint density at radius 1 is 1.35 bits per heavy atom. The number of carbonyl (C=O) groups excluding carboxylic acids is 1. The lowest BCUT2D eigenvalue weighted by Gasteiger charge is -2.34. The van der Waals surface area contributed by atoms with Crippen LogP contribution in [-0.2, 0) is 14.6 Å². The molecule has 1 saturated heterocycles. The first-order valence-electron chi connectivity index (χ1n) is 6.77. The lowest BCUT2D eigenvalue weighted by molar-refractivity contribution is 0.0184. The van der Waals surface area contributed by atoms with E-state index in [1.54, 1.807) is 4.90 Å². The van der Waals surface area contributed by atoms with Crippen molar-refractivity contribution in [3.8, 4) is 0 Å². The summed E-state index contributed by atoms with van der Waals surface area (Å²) < 4.78 is 27.8. The normalized spacial score (nSPS) is 19.8. The van der Waals surface area contributed by atoms with Crippen molar-refractivity contribution in [2.75, 3.05) is 25.1 Å². The summed E-state index contributed by atoms with van der Waals surface area (Å²) in [5, 5.41) is -0.384. The molecule has 1 amide bonds. The molecule has 0 spiro atoms. The number of halogens is 1. The van der Waals surface area contributed by atoms with Crippen molar-refractivity contribution in [1.29, 1.82) is 0 Å². The Hall–Kier alpha value is -0.490. The van der Waals surface area contributed by atoms with Crippen molar-refractivity contribution in [3.05, 3.63) is 0 Å². The molecule has 1 aliphatic rings. The second-order valence-corrected chi connectivity index (χ2v) is 9.16. The molecule has 0 bridgehead atoms. The van der Waals surface area contributed by atoms with Crippen molar-refractivity contribution >= 4 is 27.5 Å². The van der Waals surface area contributed by atoms with Crippen molar-refractivity contribution in [1.82, 2.24) is 4.90 Å². The van der Waals surface area contributed by atoms with E-state index in [1.807, 2.05) is 20.8 Å².